The van der Waals surface area contributed by atoms with Crippen LogP contribution >= 0.6 is 11.3 Å². The first-order valence-corrected chi connectivity index (χ1v) is 7.82. The van der Waals surface area contributed by atoms with Crippen LogP contribution in [-0.4, -0.2) is 41.3 Å². The summed E-state index contributed by atoms with van der Waals surface area (Å²) in [6.45, 7) is 5.61. The second kappa shape index (κ2) is 6.83. The van der Waals surface area contributed by atoms with Gasteiger partial charge in [0.05, 0.1) is 5.01 Å². The molecule has 1 N–H and O–H groups in total. The summed E-state index contributed by atoms with van der Waals surface area (Å²) in [6.07, 6.45) is 4.25. The minimum Gasteiger partial charge on any atom is -0.355 e. The molecule has 2 amide bonds. The fourth-order valence-electron chi connectivity index (χ4n) is 2.43. The minimum atomic E-state index is 0.0498. The van der Waals surface area contributed by atoms with Crippen molar-refractivity contribution in [3.8, 4) is 0 Å². The molecular weight excluding hydrogens is 274 g/mol. The van der Waals surface area contributed by atoms with Crippen LogP contribution < -0.4 is 5.32 Å². The van der Waals surface area contributed by atoms with Crippen molar-refractivity contribution in [1.82, 2.24) is 15.2 Å². The number of aromatic nitrogens is 1. The number of carbonyl (C=O) groups is 2. The molecule has 0 spiro atoms. The molecule has 2 rings (SSSR count). The molecule has 110 valence electrons. The maximum absolute atomic E-state index is 12.0. The SMILES string of the molecule is CC(=O)N1CCC(C(=O)NCCc2cnc(C)s2)CC1. The summed E-state index contributed by atoms with van der Waals surface area (Å²) in [5.41, 5.74) is 0. The van der Waals surface area contributed by atoms with Gasteiger partial charge in [-0.25, -0.2) is 4.98 Å². The van der Waals surface area contributed by atoms with E-state index in [1.54, 1.807) is 18.3 Å². The van der Waals surface area contributed by atoms with Crippen LogP contribution in [0.5, 0.6) is 0 Å². The molecule has 1 saturated heterocycles. The van der Waals surface area contributed by atoms with E-state index in [1.807, 2.05) is 18.0 Å². The van der Waals surface area contributed by atoms with Crippen molar-refractivity contribution in [3.05, 3.63) is 16.1 Å². The predicted octanol–water partition coefficient (Wildman–Crippen LogP) is 1.37. The van der Waals surface area contributed by atoms with Gasteiger partial charge in [-0.05, 0) is 19.8 Å². The number of nitrogens with one attached hydrogen (secondary N) is 1. The number of thiazole rings is 1. The molecule has 6 heteroatoms. The average Bonchev–Trinajstić information content (AvgIpc) is 2.84. The van der Waals surface area contributed by atoms with Gasteiger partial charge in [0.2, 0.25) is 11.8 Å². The van der Waals surface area contributed by atoms with Gasteiger partial charge >= 0.3 is 0 Å². The number of piperidine rings is 1. The molecule has 1 aromatic heterocycles. The Morgan fingerprint density at radius 2 is 2.15 bits per heavy atom. The molecule has 0 aromatic carbocycles. The Hall–Kier alpha value is -1.43. The summed E-state index contributed by atoms with van der Waals surface area (Å²) in [5.74, 6) is 0.271. The van der Waals surface area contributed by atoms with Crippen LogP contribution in [0.3, 0.4) is 0 Å². The molecule has 0 radical (unpaired) electrons. The zero-order chi connectivity index (χ0) is 14.5. The first kappa shape index (κ1) is 15.0. The second-order valence-corrected chi connectivity index (χ2v) is 6.49. The van der Waals surface area contributed by atoms with Crippen molar-refractivity contribution < 1.29 is 9.59 Å². The van der Waals surface area contributed by atoms with Crippen molar-refractivity contribution in [2.75, 3.05) is 19.6 Å². The lowest BCUT2D eigenvalue weighted by atomic mass is 9.96. The van der Waals surface area contributed by atoms with E-state index in [4.69, 9.17) is 0 Å². The van der Waals surface area contributed by atoms with Gasteiger partial charge in [0.15, 0.2) is 0 Å². The van der Waals surface area contributed by atoms with E-state index in [0.29, 0.717) is 19.6 Å². The van der Waals surface area contributed by atoms with E-state index in [0.717, 1.165) is 24.3 Å². The molecule has 1 aromatic rings. The molecule has 5 nitrogen and oxygen atoms in total. The van der Waals surface area contributed by atoms with Crippen LogP contribution in [0.4, 0.5) is 0 Å². The van der Waals surface area contributed by atoms with E-state index in [1.165, 1.54) is 4.88 Å². The first-order chi connectivity index (χ1) is 9.56. The van der Waals surface area contributed by atoms with Gasteiger partial charge in [0, 0.05) is 50.0 Å². The normalized spacial score (nSPS) is 16.2. The lowest BCUT2D eigenvalue weighted by Gasteiger charge is -2.30. The van der Waals surface area contributed by atoms with Gasteiger partial charge in [-0.3, -0.25) is 9.59 Å². The van der Waals surface area contributed by atoms with Crippen LogP contribution in [0.25, 0.3) is 0 Å². The quantitative estimate of drug-likeness (QED) is 0.912. The average molecular weight is 295 g/mol. The number of amides is 2. The van der Waals surface area contributed by atoms with Crippen molar-refractivity contribution in [1.29, 1.82) is 0 Å². The zero-order valence-electron chi connectivity index (χ0n) is 12.0. The maximum atomic E-state index is 12.0. The largest absolute Gasteiger partial charge is 0.355 e. The number of carbonyl (C=O) groups excluding carboxylic acids is 2. The Balaban J connectivity index is 1.69. The Kier molecular flexibility index (Phi) is 5.11. The highest BCUT2D eigenvalue weighted by atomic mass is 32.1. The third-order valence-electron chi connectivity index (χ3n) is 3.65. The number of hydrogen-bond donors (Lipinski definition) is 1. The molecule has 2 heterocycles. The van der Waals surface area contributed by atoms with Gasteiger partial charge in [0.25, 0.3) is 0 Å². The molecule has 1 fully saturated rings. The third-order valence-corrected chi connectivity index (χ3v) is 4.62. The van der Waals surface area contributed by atoms with Gasteiger partial charge in [-0.1, -0.05) is 0 Å². The predicted molar refractivity (Wildman–Crippen MR) is 78.5 cm³/mol. The summed E-state index contributed by atoms with van der Waals surface area (Å²) in [4.78, 5) is 30.5. The van der Waals surface area contributed by atoms with Crippen LogP contribution in [0.15, 0.2) is 6.20 Å². The summed E-state index contributed by atoms with van der Waals surface area (Å²) in [7, 11) is 0. The topological polar surface area (TPSA) is 62.3 Å². The Labute approximate surface area is 123 Å². The fourth-order valence-corrected chi connectivity index (χ4v) is 3.23. The van der Waals surface area contributed by atoms with Crippen molar-refractivity contribution in [3.63, 3.8) is 0 Å². The van der Waals surface area contributed by atoms with Crippen LogP contribution in [-0.2, 0) is 16.0 Å². The smallest absolute Gasteiger partial charge is 0.223 e. The Morgan fingerprint density at radius 1 is 1.45 bits per heavy atom. The molecule has 0 unspecified atom stereocenters. The molecule has 0 saturated carbocycles. The van der Waals surface area contributed by atoms with Crippen LogP contribution in [0, 0.1) is 12.8 Å². The summed E-state index contributed by atoms with van der Waals surface area (Å²) >= 11 is 1.67. The molecule has 0 aliphatic carbocycles. The molecule has 0 bridgehead atoms. The molecule has 0 atom stereocenters. The maximum Gasteiger partial charge on any atom is 0.223 e. The lowest BCUT2D eigenvalue weighted by molar-refractivity contribution is -0.133. The number of hydrogen-bond acceptors (Lipinski definition) is 4. The summed E-state index contributed by atoms with van der Waals surface area (Å²) in [6, 6.07) is 0. The molecule has 20 heavy (non-hydrogen) atoms. The van der Waals surface area contributed by atoms with E-state index in [-0.39, 0.29) is 17.7 Å². The number of rotatable bonds is 4. The van der Waals surface area contributed by atoms with Crippen molar-refractivity contribution >= 4 is 23.2 Å². The van der Waals surface area contributed by atoms with Gasteiger partial charge < -0.3 is 10.2 Å². The van der Waals surface area contributed by atoms with Gasteiger partial charge in [0.1, 0.15) is 0 Å². The van der Waals surface area contributed by atoms with Crippen LogP contribution in [0.2, 0.25) is 0 Å². The van der Waals surface area contributed by atoms with Crippen molar-refractivity contribution in [2.45, 2.75) is 33.1 Å². The highest BCUT2D eigenvalue weighted by Crippen LogP contribution is 2.17. The van der Waals surface area contributed by atoms with E-state index < -0.39 is 0 Å². The minimum absolute atomic E-state index is 0.0498. The lowest BCUT2D eigenvalue weighted by Crippen LogP contribution is -2.42. The van der Waals surface area contributed by atoms with E-state index in [9.17, 15) is 9.59 Å². The second-order valence-electron chi connectivity index (χ2n) is 5.17. The highest BCUT2D eigenvalue weighted by Gasteiger charge is 2.25. The zero-order valence-corrected chi connectivity index (χ0v) is 12.8. The molecule has 1 aliphatic heterocycles. The molecule has 1 aliphatic rings. The number of likely N-dealkylation sites (tertiary alicyclic amines) is 1. The highest BCUT2D eigenvalue weighted by molar-refractivity contribution is 7.11. The Bertz CT molecular complexity index is 479. The van der Waals surface area contributed by atoms with Crippen LogP contribution in [0.1, 0.15) is 29.7 Å². The first-order valence-electron chi connectivity index (χ1n) is 7.01. The summed E-state index contributed by atoms with van der Waals surface area (Å²) in [5, 5.41) is 4.05. The third kappa shape index (κ3) is 4.03. The summed E-state index contributed by atoms with van der Waals surface area (Å²) < 4.78 is 0. The standard InChI is InChI=1S/C14H21N3O2S/c1-10-16-9-13(20-10)3-6-15-14(19)12-4-7-17(8-5-12)11(2)18/h9,12H,3-8H2,1-2H3,(H,15,19). The Morgan fingerprint density at radius 3 is 2.70 bits per heavy atom. The van der Waals surface area contributed by atoms with E-state index >= 15 is 0 Å². The molecular formula is C14H21N3O2S. The van der Waals surface area contributed by atoms with Crippen molar-refractivity contribution in [2.24, 2.45) is 5.92 Å². The van der Waals surface area contributed by atoms with E-state index in [2.05, 4.69) is 10.3 Å². The number of nitrogens with zero attached hydrogens (tertiary/aromatic N) is 2. The fraction of sp³-hybridized carbons (Fsp3) is 0.643. The van der Waals surface area contributed by atoms with Gasteiger partial charge in [-0.2, -0.15) is 0 Å². The number of aryl methyl sites for hydroxylation is 1. The van der Waals surface area contributed by atoms with Gasteiger partial charge in [-0.15, -0.1) is 11.3 Å². The monoisotopic (exact) mass is 295 g/mol.